The van der Waals surface area contributed by atoms with E-state index < -0.39 is 15.1 Å². The van der Waals surface area contributed by atoms with Gasteiger partial charge in [-0.05, 0) is 45.4 Å². The number of nitrogens with one attached hydrogen (secondary N) is 2. The molecule has 1 aromatic rings. The molecule has 1 saturated heterocycles. The molecule has 1 unspecified atom stereocenters. The lowest BCUT2D eigenvalue weighted by atomic mass is 10.2. The van der Waals surface area contributed by atoms with Crippen LogP contribution in [0.25, 0.3) is 0 Å². The number of amides is 1. The highest BCUT2D eigenvalue weighted by atomic mass is 32.2. The van der Waals surface area contributed by atoms with Gasteiger partial charge in [0.2, 0.25) is 0 Å². The molecule has 1 heterocycles. The second kappa shape index (κ2) is 6.58. The number of benzene rings is 1. The highest BCUT2D eigenvalue weighted by Gasteiger charge is 2.25. The van der Waals surface area contributed by atoms with Crippen LogP contribution in [-0.2, 0) is 9.84 Å². The molecule has 1 aromatic carbocycles. The van der Waals surface area contributed by atoms with Crippen LogP contribution >= 0.6 is 0 Å². The van der Waals surface area contributed by atoms with Gasteiger partial charge in [0.05, 0.1) is 15.7 Å². The zero-order chi connectivity index (χ0) is 15.5. The Kier molecular flexibility index (Phi) is 5.00. The topological polar surface area (TPSA) is 75.3 Å². The zero-order valence-electron chi connectivity index (χ0n) is 12.4. The van der Waals surface area contributed by atoms with Crippen LogP contribution in [0.5, 0.6) is 0 Å². The third-order valence-corrected chi connectivity index (χ3v) is 5.94. The fraction of sp³-hybridized carbons (Fsp3) is 0.533. The summed E-state index contributed by atoms with van der Waals surface area (Å²) in [4.78, 5) is 12.4. The average molecular weight is 310 g/mol. The Morgan fingerprint density at radius 1 is 1.38 bits per heavy atom. The van der Waals surface area contributed by atoms with E-state index in [1.54, 1.807) is 32.0 Å². The molecule has 2 rings (SSSR count). The van der Waals surface area contributed by atoms with Crippen LogP contribution < -0.4 is 10.6 Å². The molecular formula is C15H22N2O3S. The molecule has 6 heteroatoms. The van der Waals surface area contributed by atoms with Gasteiger partial charge in [-0.2, -0.15) is 0 Å². The smallest absolute Gasteiger partial charge is 0.252 e. The lowest BCUT2D eigenvalue weighted by Crippen LogP contribution is -2.37. The molecule has 0 bridgehead atoms. The SMILES string of the molecule is CC(C)S(=O)(=O)c1ccccc1C(=O)NCC1CCCN1. The molecule has 1 atom stereocenters. The minimum absolute atomic E-state index is 0.108. The highest BCUT2D eigenvalue weighted by molar-refractivity contribution is 7.92. The fourth-order valence-electron chi connectivity index (χ4n) is 2.40. The summed E-state index contributed by atoms with van der Waals surface area (Å²) in [6, 6.07) is 6.67. The summed E-state index contributed by atoms with van der Waals surface area (Å²) in [5.74, 6) is -0.330. The van der Waals surface area contributed by atoms with Crippen LogP contribution in [0.1, 0.15) is 37.0 Å². The van der Waals surface area contributed by atoms with E-state index in [0.29, 0.717) is 6.54 Å². The molecule has 0 saturated carbocycles. The van der Waals surface area contributed by atoms with E-state index in [-0.39, 0.29) is 22.4 Å². The molecule has 1 fully saturated rings. The molecule has 21 heavy (non-hydrogen) atoms. The largest absolute Gasteiger partial charge is 0.350 e. The van der Waals surface area contributed by atoms with Crippen LogP contribution in [0.15, 0.2) is 29.2 Å². The number of hydrogen-bond acceptors (Lipinski definition) is 4. The zero-order valence-corrected chi connectivity index (χ0v) is 13.2. The number of carbonyl (C=O) groups is 1. The van der Waals surface area contributed by atoms with E-state index in [1.807, 2.05) is 0 Å². The predicted molar refractivity (Wildman–Crippen MR) is 82.1 cm³/mol. The van der Waals surface area contributed by atoms with E-state index in [4.69, 9.17) is 0 Å². The maximum absolute atomic E-state index is 12.3. The number of rotatable bonds is 5. The average Bonchev–Trinajstić information content (AvgIpc) is 2.98. The monoisotopic (exact) mass is 310 g/mol. The maximum atomic E-state index is 12.3. The van der Waals surface area contributed by atoms with Gasteiger partial charge in [0.25, 0.3) is 5.91 Å². The van der Waals surface area contributed by atoms with Crippen molar-refractivity contribution in [1.82, 2.24) is 10.6 Å². The molecule has 0 spiro atoms. The predicted octanol–water partition coefficient (Wildman–Crippen LogP) is 1.35. The molecule has 0 aliphatic carbocycles. The van der Waals surface area contributed by atoms with Gasteiger partial charge in [0.15, 0.2) is 9.84 Å². The van der Waals surface area contributed by atoms with Gasteiger partial charge < -0.3 is 10.6 Å². The number of sulfone groups is 1. The highest BCUT2D eigenvalue weighted by Crippen LogP contribution is 2.20. The van der Waals surface area contributed by atoms with Gasteiger partial charge in [-0.1, -0.05) is 12.1 Å². The number of carbonyl (C=O) groups excluding carboxylic acids is 1. The summed E-state index contributed by atoms with van der Waals surface area (Å²) in [6.45, 7) is 4.73. The van der Waals surface area contributed by atoms with Crippen molar-refractivity contribution in [3.8, 4) is 0 Å². The molecule has 1 amide bonds. The van der Waals surface area contributed by atoms with Gasteiger partial charge in [-0.3, -0.25) is 4.79 Å². The van der Waals surface area contributed by atoms with Crippen LogP contribution in [0.2, 0.25) is 0 Å². The summed E-state index contributed by atoms with van der Waals surface area (Å²) < 4.78 is 24.7. The molecule has 2 N–H and O–H groups in total. The first-order valence-electron chi connectivity index (χ1n) is 7.27. The Morgan fingerprint density at radius 3 is 2.71 bits per heavy atom. The minimum Gasteiger partial charge on any atom is -0.350 e. The Balaban J connectivity index is 2.17. The molecule has 0 radical (unpaired) electrons. The van der Waals surface area contributed by atoms with Crippen LogP contribution in [-0.4, -0.2) is 38.7 Å². The van der Waals surface area contributed by atoms with Crippen LogP contribution in [0, 0.1) is 0 Å². The van der Waals surface area contributed by atoms with E-state index in [2.05, 4.69) is 10.6 Å². The molecule has 0 aromatic heterocycles. The van der Waals surface area contributed by atoms with Crippen LogP contribution in [0.4, 0.5) is 0 Å². The second-order valence-electron chi connectivity index (χ2n) is 5.59. The van der Waals surface area contributed by atoms with E-state index >= 15 is 0 Å². The van der Waals surface area contributed by atoms with Gasteiger partial charge in [0, 0.05) is 12.6 Å². The van der Waals surface area contributed by atoms with Crippen molar-refractivity contribution in [3.63, 3.8) is 0 Å². The van der Waals surface area contributed by atoms with Gasteiger partial charge in [-0.25, -0.2) is 8.42 Å². The first-order chi connectivity index (χ1) is 9.93. The first kappa shape index (κ1) is 16.0. The summed E-state index contributed by atoms with van der Waals surface area (Å²) in [5, 5.41) is 5.57. The van der Waals surface area contributed by atoms with Gasteiger partial charge in [-0.15, -0.1) is 0 Å². The lowest BCUT2D eigenvalue weighted by molar-refractivity contribution is 0.0947. The summed E-state index contributed by atoms with van der Waals surface area (Å²) in [7, 11) is -3.47. The van der Waals surface area contributed by atoms with E-state index in [1.165, 1.54) is 6.07 Å². The Bertz CT molecular complexity index is 605. The Hall–Kier alpha value is -1.40. The third-order valence-electron chi connectivity index (χ3n) is 3.73. The quantitative estimate of drug-likeness (QED) is 0.861. The van der Waals surface area contributed by atoms with Crippen molar-refractivity contribution < 1.29 is 13.2 Å². The Labute approximate surface area is 126 Å². The molecule has 1 aliphatic heterocycles. The summed E-state index contributed by atoms with van der Waals surface area (Å²) in [5.41, 5.74) is 0.226. The van der Waals surface area contributed by atoms with Crippen molar-refractivity contribution in [2.75, 3.05) is 13.1 Å². The normalized spacial score (nSPS) is 18.9. The molecular weight excluding hydrogens is 288 g/mol. The second-order valence-corrected chi connectivity index (χ2v) is 8.07. The van der Waals surface area contributed by atoms with Crippen molar-refractivity contribution in [2.45, 2.75) is 42.9 Å². The maximum Gasteiger partial charge on any atom is 0.252 e. The standard InChI is InChI=1S/C15H22N2O3S/c1-11(2)21(19,20)14-8-4-3-7-13(14)15(18)17-10-12-6-5-9-16-12/h3-4,7-8,11-12,16H,5-6,9-10H2,1-2H3,(H,17,18). The molecule has 5 nitrogen and oxygen atoms in total. The van der Waals surface area contributed by atoms with Gasteiger partial charge in [0.1, 0.15) is 0 Å². The fourth-order valence-corrected chi connectivity index (χ4v) is 3.64. The van der Waals surface area contributed by atoms with E-state index in [9.17, 15) is 13.2 Å². The third kappa shape index (κ3) is 3.63. The molecule has 1 aliphatic rings. The minimum atomic E-state index is -3.47. The van der Waals surface area contributed by atoms with Crippen molar-refractivity contribution in [3.05, 3.63) is 29.8 Å². The first-order valence-corrected chi connectivity index (χ1v) is 8.82. The van der Waals surface area contributed by atoms with E-state index in [0.717, 1.165) is 19.4 Å². The lowest BCUT2D eigenvalue weighted by Gasteiger charge is -2.15. The van der Waals surface area contributed by atoms with Gasteiger partial charge >= 0.3 is 0 Å². The van der Waals surface area contributed by atoms with Crippen molar-refractivity contribution in [2.24, 2.45) is 0 Å². The summed E-state index contributed by atoms with van der Waals surface area (Å²) >= 11 is 0. The Morgan fingerprint density at radius 2 is 2.10 bits per heavy atom. The summed E-state index contributed by atoms with van der Waals surface area (Å²) in [6.07, 6.45) is 2.14. The number of hydrogen-bond donors (Lipinski definition) is 2. The van der Waals surface area contributed by atoms with Crippen LogP contribution in [0.3, 0.4) is 0 Å². The molecule has 116 valence electrons. The van der Waals surface area contributed by atoms with Crippen molar-refractivity contribution >= 4 is 15.7 Å². The van der Waals surface area contributed by atoms with Crippen molar-refractivity contribution in [1.29, 1.82) is 0 Å².